The van der Waals surface area contributed by atoms with Gasteiger partial charge in [0.05, 0.1) is 0 Å². The molecule has 0 aliphatic rings. The van der Waals surface area contributed by atoms with Gasteiger partial charge < -0.3 is 5.32 Å². The Bertz CT molecular complexity index is 453. The van der Waals surface area contributed by atoms with Crippen molar-refractivity contribution < 1.29 is 0 Å². The van der Waals surface area contributed by atoms with Crippen molar-refractivity contribution >= 4 is 22.6 Å². The molecule has 0 saturated heterocycles. The number of nitrogens with one attached hydrogen (secondary N) is 1. The van der Waals surface area contributed by atoms with Crippen LogP contribution >= 0.6 is 22.6 Å². The van der Waals surface area contributed by atoms with Crippen LogP contribution in [0.5, 0.6) is 0 Å². The van der Waals surface area contributed by atoms with Gasteiger partial charge in [0.15, 0.2) is 0 Å². The molecule has 2 aromatic rings. The Kier molecular flexibility index (Phi) is 4.50. The van der Waals surface area contributed by atoms with Crippen LogP contribution in [0.15, 0.2) is 48.8 Å². The minimum Gasteiger partial charge on any atom is -0.313 e. The minimum absolute atomic E-state index is 0.323. The Balaban J connectivity index is 2.13. The summed E-state index contributed by atoms with van der Waals surface area (Å²) in [5, 5.41) is 3.34. The van der Waals surface area contributed by atoms with Crippen LogP contribution in [0.25, 0.3) is 0 Å². The monoisotopic (exact) mass is 338 g/mol. The van der Waals surface area contributed by atoms with E-state index in [0.29, 0.717) is 6.04 Å². The largest absolute Gasteiger partial charge is 0.313 e. The molecule has 0 amide bonds. The molecule has 0 fully saturated rings. The first kappa shape index (κ1) is 12.5. The summed E-state index contributed by atoms with van der Waals surface area (Å²) in [5.41, 5.74) is 2.57. The first-order valence-electron chi connectivity index (χ1n) is 5.61. The van der Waals surface area contributed by atoms with Gasteiger partial charge in [0.1, 0.15) is 0 Å². The van der Waals surface area contributed by atoms with Crippen LogP contribution in [0, 0.1) is 3.57 Å². The van der Waals surface area contributed by atoms with Crippen molar-refractivity contribution in [2.75, 3.05) is 7.05 Å². The normalized spacial score (nSPS) is 12.4. The predicted octanol–water partition coefficient (Wildman–Crippen LogP) is 3.19. The average Bonchev–Trinajstić information content (AvgIpc) is 2.39. The summed E-state index contributed by atoms with van der Waals surface area (Å²) in [6.07, 6.45) is 4.72. The molecular formula is C14H15IN2. The molecule has 0 radical (unpaired) electrons. The van der Waals surface area contributed by atoms with Crippen LogP contribution in [0.1, 0.15) is 17.2 Å². The lowest BCUT2D eigenvalue weighted by atomic mass is 10.0. The Labute approximate surface area is 116 Å². The van der Waals surface area contributed by atoms with E-state index in [1.165, 1.54) is 14.7 Å². The highest BCUT2D eigenvalue weighted by molar-refractivity contribution is 14.1. The van der Waals surface area contributed by atoms with Crippen LogP contribution in [-0.4, -0.2) is 12.0 Å². The molecule has 0 saturated carbocycles. The highest BCUT2D eigenvalue weighted by atomic mass is 127. The summed E-state index contributed by atoms with van der Waals surface area (Å²) in [7, 11) is 1.99. The molecule has 0 aliphatic carbocycles. The van der Waals surface area contributed by atoms with Crippen LogP contribution in [-0.2, 0) is 6.42 Å². The van der Waals surface area contributed by atoms with E-state index in [4.69, 9.17) is 0 Å². The third kappa shape index (κ3) is 3.51. The van der Waals surface area contributed by atoms with E-state index < -0.39 is 0 Å². The summed E-state index contributed by atoms with van der Waals surface area (Å²) in [6.45, 7) is 0. The lowest BCUT2D eigenvalue weighted by Crippen LogP contribution is -2.18. The van der Waals surface area contributed by atoms with Crippen LogP contribution < -0.4 is 5.32 Å². The maximum atomic E-state index is 4.17. The summed E-state index contributed by atoms with van der Waals surface area (Å²) in [6, 6.07) is 13.1. The zero-order valence-electron chi connectivity index (χ0n) is 9.73. The van der Waals surface area contributed by atoms with Gasteiger partial charge in [0.2, 0.25) is 0 Å². The van der Waals surface area contributed by atoms with Gasteiger partial charge in [-0.15, -0.1) is 0 Å². The molecule has 3 heteroatoms. The second-order valence-electron chi connectivity index (χ2n) is 3.96. The highest BCUT2D eigenvalue weighted by Crippen LogP contribution is 2.17. The lowest BCUT2D eigenvalue weighted by molar-refractivity contribution is 0.590. The number of rotatable bonds is 4. The van der Waals surface area contributed by atoms with Gasteiger partial charge in [-0.1, -0.05) is 18.2 Å². The van der Waals surface area contributed by atoms with Crippen molar-refractivity contribution in [3.63, 3.8) is 0 Å². The Hall–Kier alpha value is -0.940. The molecular weight excluding hydrogens is 323 g/mol. The predicted molar refractivity (Wildman–Crippen MR) is 78.9 cm³/mol. The smallest absolute Gasteiger partial charge is 0.0373 e. The quantitative estimate of drug-likeness (QED) is 0.866. The van der Waals surface area contributed by atoms with E-state index >= 15 is 0 Å². The molecule has 1 heterocycles. The van der Waals surface area contributed by atoms with Gasteiger partial charge in [-0.25, -0.2) is 0 Å². The van der Waals surface area contributed by atoms with Gasteiger partial charge in [-0.2, -0.15) is 0 Å². The zero-order valence-corrected chi connectivity index (χ0v) is 11.9. The standard InChI is InChI=1S/C14H15IN2/c1-16-14(12-3-2-8-17-10-12)9-11-4-6-13(15)7-5-11/h2-8,10,14,16H,9H2,1H3. The van der Waals surface area contributed by atoms with E-state index in [9.17, 15) is 0 Å². The van der Waals surface area contributed by atoms with E-state index in [-0.39, 0.29) is 0 Å². The molecule has 17 heavy (non-hydrogen) atoms. The van der Waals surface area contributed by atoms with Gasteiger partial charge in [-0.3, -0.25) is 4.98 Å². The molecule has 2 rings (SSSR count). The van der Waals surface area contributed by atoms with E-state index in [1.807, 2.05) is 19.3 Å². The first-order chi connectivity index (χ1) is 8.29. The number of hydrogen-bond acceptors (Lipinski definition) is 2. The molecule has 1 aromatic carbocycles. The van der Waals surface area contributed by atoms with Crippen molar-refractivity contribution in [2.45, 2.75) is 12.5 Å². The maximum absolute atomic E-state index is 4.17. The number of pyridine rings is 1. The fraction of sp³-hybridized carbons (Fsp3) is 0.214. The Morgan fingerprint density at radius 3 is 2.59 bits per heavy atom. The third-order valence-electron chi connectivity index (χ3n) is 2.79. The van der Waals surface area contributed by atoms with Crippen molar-refractivity contribution in [1.82, 2.24) is 10.3 Å². The van der Waals surface area contributed by atoms with Crippen molar-refractivity contribution in [2.24, 2.45) is 0 Å². The van der Waals surface area contributed by atoms with E-state index in [0.717, 1.165) is 6.42 Å². The molecule has 0 bridgehead atoms. The number of halogens is 1. The number of aromatic nitrogens is 1. The lowest BCUT2D eigenvalue weighted by Gasteiger charge is -2.16. The second kappa shape index (κ2) is 6.12. The fourth-order valence-electron chi connectivity index (χ4n) is 1.82. The third-order valence-corrected chi connectivity index (χ3v) is 3.51. The summed E-state index contributed by atoms with van der Waals surface area (Å²) < 4.78 is 1.27. The molecule has 0 spiro atoms. The van der Waals surface area contributed by atoms with Crippen LogP contribution in [0.3, 0.4) is 0 Å². The summed E-state index contributed by atoms with van der Waals surface area (Å²) in [4.78, 5) is 4.17. The molecule has 1 unspecified atom stereocenters. The maximum Gasteiger partial charge on any atom is 0.0373 e. The average molecular weight is 338 g/mol. The highest BCUT2D eigenvalue weighted by Gasteiger charge is 2.09. The summed E-state index contributed by atoms with van der Waals surface area (Å²) in [5.74, 6) is 0. The number of nitrogens with zero attached hydrogens (tertiary/aromatic N) is 1. The molecule has 1 N–H and O–H groups in total. The molecule has 88 valence electrons. The number of hydrogen-bond donors (Lipinski definition) is 1. The zero-order chi connectivity index (χ0) is 12.1. The molecule has 1 aromatic heterocycles. The number of likely N-dealkylation sites (N-methyl/N-ethyl adjacent to an activating group) is 1. The van der Waals surface area contributed by atoms with Gasteiger partial charge >= 0.3 is 0 Å². The second-order valence-corrected chi connectivity index (χ2v) is 5.20. The van der Waals surface area contributed by atoms with Crippen molar-refractivity contribution in [3.05, 3.63) is 63.5 Å². The van der Waals surface area contributed by atoms with Crippen molar-refractivity contribution in [3.8, 4) is 0 Å². The SMILES string of the molecule is CNC(Cc1ccc(I)cc1)c1cccnc1. The van der Waals surface area contributed by atoms with Crippen LogP contribution in [0.2, 0.25) is 0 Å². The van der Waals surface area contributed by atoms with Crippen molar-refractivity contribution in [1.29, 1.82) is 0 Å². The van der Waals surface area contributed by atoms with E-state index in [2.05, 4.69) is 63.2 Å². The van der Waals surface area contributed by atoms with Crippen LogP contribution in [0.4, 0.5) is 0 Å². The van der Waals surface area contributed by atoms with Gasteiger partial charge in [-0.05, 0) is 65.4 Å². The molecule has 2 nitrogen and oxygen atoms in total. The Morgan fingerprint density at radius 1 is 1.24 bits per heavy atom. The van der Waals surface area contributed by atoms with E-state index in [1.54, 1.807) is 6.20 Å². The first-order valence-corrected chi connectivity index (χ1v) is 6.69. The van der Waals surface area contributed by atoms with Gasteiger partial charge in [0.25, 0.3) is 0 Å². The molecule has 0 aliphatic heterocycles. The van der Waals surface area contributed by atoms with Gasteiger partial charge in [0, 0.05) is 22.0 Å². The Morgan fingerprint density at radius 2 is 2.00 bits per heavy atom. The minimum atomic E-state index is 0.323. The molecule has 1 atom stereocenters. The topological polar surface area (TPSA) is 24.9 Å². The summed E-state index contributed by atoms with van der Waals surface area (Å²) >= 11 is 2.33. The fourth-order valence-corrected chi connectivity index (χ4v) is 2.18. The number of benzene rings is 1.